The van der Waals surface area contributed by atoms with Crippen molar-refractivity contribution in [2.45, 2.75) is 6.54 Å². The van der Waals surface area contributed by atoms with Crippen LogP contribution < -0.4 is 10.6 Å². The molecule has 1 aromatic heterocycles. The Morgan fingerprint density at radius 2 is 2.04 bits per heavy atom. The molecule has 7 nitrogen and oxygen atoms in total. The van der Waals surface area contributed by atoms with Crippen LogP contribution in [0.25, 0.3) is 0 Å². The van der Waals surface area contributed by atoms with Crippen LogP contribution in [-0.2, 0) is 11.3 Å². The Kier molecular flexibility index (Phi) is 5.98. The molecular weight excluding hydrogens is 339 g/mol. The molecule has 1 heterocycles. The normalized spacial score (nSPS) is 11.3. The van der Waals surface area contributed by atoms with Crippen molar-refractivity contribution in [3.8, 4) is 0 Å². The Balaban J connectivity index is 1.91. The number of nitrogens with one attached hydrogen (secondary N) is 2. The lowest BCUT2D eigenvalue weighted by atomic mass is 10.2. The first-order chi connectivity index (χ1) is 11.9. The molecule has 0 aliphatic rings. The van der Waals surface area contributed by atoms with Gasteiger partial charge in [-0.3, -0.25) is 9.79 Å². The zero-order valence-electron chi connectivity index (χ0n) is 13.5. The first-order valence-electron chi connectivity index (χ1n) is 7.16. The summed E-state index contributed by atoms with van der Waals surface area (Å²) in [5.41, 5.74) is 0.218. The quantitative estimate of drug-likeness (QED) is 0.485. The molecule has 0 fully saturated rings. The average Bonchev–Trinajstić information content (AvgIpc) is 3.09. The molecule has 134 valence electrons. The SMILES string of the molecule is CN=C(NCC(=O)Nc1ccc(F)c(F)c1F)N(C)Cc1ccon1. The maximum atomic E-state index is 13.5. The third-order valence-electron chi connectivity index (χ3n) is 3.18. The van der Waals surface area contributed by atoms with E-state index in [2.05, 4.69) is 20.8 Å². The van der Waals surface area contributed by atoms with Crippen LogP contribution in [0.5, 0.6) is 0 Å². The molecule has 0 atom stereocenters. The van der Waals surface area contributed by atoms with Crippen LogP contribution in [0, 0.1) is 17.5 Å². The Labute approximate surface area is 141 Å². The highest BCUT2D eigenvalue weighted by Crippen LogP contribution is 2.19. The number of amides is 1. The molecule has 2 aromatic rings. The molecule has 25 heavy (non-hydrogen) atoms. The second-order valence-corrected chi connectivity index (χ2v) is 5.02. The Morgan fingerprint density at radius 3 is 2.68 bits per heavy atom. The van der Waals surface area contributed by atoms with Crippen LogP contribution >= 0.6 is 0 Å². The van der Waals surface area contributed by atoms with Gasteiger partial charge in [0.15, 0.2) is 23.4 Å². The van der Waals surface area contributed by atoms with Crippen molar-refractivity contribution in [2.75, 3.05) is 26.0 Å². The minimum Gasteiger partial charge on any atom is -0.364 e. The second-order valence-electron chi connectivity index (χ2n) is 5.02. The maximum Gasteiger partial charge on any atom is 0.243 e. The van der Waals surface area contributed by atoms with E-state index in [9.17, 15) is 18.0 Å². The van der Waals surface area contributed by atoms with E-state index in [1.807, 2.05) is 0 Å². The maximum absolute atomic E-state index is 13.5. The second kappa shape index (κ2) is 8.18. The van der Waals surface area contributed by atoms with E-state index in [4.69, 9.17) is 4.52 Å². The van der Waals surface area contributed by atoms with E-state index >= 15 is 0 Å². The van der Waals surface area contributed by atoms with Crippen molar-refractivity contribution in [2.24, 2.45) is 4.99 Å². The number of anilines is 1. The van der Waals surface area contributed by atoms with Crippen molar-refractivity contribution in [3.63, 3.8) is 0 Å². The fraction of sp³-hybridized carbons (Fsp3) is 0.267. The van der Waals surface area contributed by atoms with Crippen LogP contribution in [0.1, 0.15) is 5.69 Å². The standard InChI is InChI=1S/C15H16F3N5O2/c1-19-15(23(2)8-9-5-6-25-22-9)20-7-12(24)21-11-4-3-10(16)13(17)14(11)18/h3-6H,7-8H2,1-2H3,(H,19,20)(H,21,24). The fourth-order valence-corrected chi connectivity index (χ4v) is 2.00. The highest BCUT2D eigenvalue weighted by atomic mass is 19.2. The molecule has 0 spiro atoms. The van der Waals surface area contributed by atoms with Crippen molar-refractivity contribution in [1.82, 2.24) is 15.4 Å². The van der Waals surface area contributed by atoms with E-state index in [1.54, 1.807) is 18.0 Å². The minimum atomic E-state index is -1.64. The molecular formula is C15H16F3N5O2. The average molecular weight is 355 g/mol. The van der Waals surface area contributed by atoms with Gasteiger partial charge in [-0.05, 0) is 12.1 Å². The summed E-state index contributed by atoms with van der Waals surface area (Å²) in [6.07, 6.45) is 1.43. The Morgan fingerprint density at radius 1 is 1.28 bits per heavy atom. The summed E-state index contributed by atoms with van der Waals surface area (Å²) in [5.74, 6) is -4.71. The lowest BCUT2D eigenvalue weighted by Crippen LogP contribution is -2.42. The minimum absolute atomic E-state index is 0.256. The number of rotatable bonds is 5. The van der Waals surface area contributed by atoms with Crippen LogP contribution in [0.15, 0.2) is 34.0 Å². The number of carbonyl (C=O) groups is 1. The van der Waals surface area contributed by atoms with E-state index in [1.165, 1.54) is 13.3 Å². The number of guanidine groups is 1. The van der Waals surface area contributed by atoms with E-state index in [0.717, 1.165) is 12.1 Å². The Bertz CT molecular complexity index is 765. The highest BCUT2D eigenvalue weighted by Gasteiger charge is 2.16. The monoisotopic (exact) mass is 355 g/mol. The molecule has 0 saturated heterocycles. The summed E-state index contributed by atoms with van der Waals surface area (Å²) < 4.78 is 44.3. The first kappa shape index (κ1) is 18.3. The summed E-state index contributed by atoms with van der Waals surface area (Å²) in [6, 6.07) is 3.35. The predicted molar refractivity (Wildman–Crippen MR) is 84.3 cm³/mol. The molecule has 2 rings (SSSR count). The smallest absolute Gasteiger partial charge is 0.243 e. The largest absolute Gasteiger partial charge is 0.364 e. The molecule has 1 amide bonds. The molecule has 0 radical (unpaired) electrons. The summed E-state index contributed by atoms with van der Waals surface area (Å²) in [4.78, 5) is 17.5. The van der Waals surface area contributed by atoms with Crippen molar-refractivity contribution in [1.29, 1.82) is 0 Å². The highest BCUT2D eigenvalue weighted by molar-refractivity contribution is 5.95. The number of nitrogens with zero attached hydrogens (tertiary/aromatic N) is 3. The predicted octanol–water partition coefficient (Wildman–Crippen LogP) is 1.74. The third kappa shape index (κ3) is 4.72. The number of hydrogen-bond acceptors (Lipinski definition) is 4. The van der Waals surface area contributed by atoms with Gasteiger partial charge < -0.3 is 20.1 Å². The zero-order valence-corrected chi connectivity index (χ0v) is 13.5. The zero-order chi connectivity index (χ0) is 18.4. The summed E-state index contributed by atoms with van der Waals surface area (Å²) in [7, 11) is 3.24. The number of hydrogen-bond donors (Lipinski definition) is 2. The van der Waals surface area contributed by atoms with Gasteiger partial charge in [0.2, 0.25) is 5.91 Å². The summed E-state index contributed by atoms with van der Waals surface area (Å²) in [5, 5.41) is 8.68. The Hall–Kier alpha value is -3.04. The fourth-order valence-electron chi connectivity index (χ4n) is 2.00. The van der Waals surface area contributed by atoms with Gasteiger partial charge in [-0.1, -0.05) is 5.16 Å². The van der Waals surface area contributed by atoms with E-state index < -0.39 is 29.0 Å². The van der Waals surface area contributed by atoms with E-state index in [0.29, 0.717) is 18.2 Å². The topological polar surface area (TPSA) is 82.8 Å². The molecule has 1 aromatic carbocycles. The molecule has 0 aliphatic carbocycles. The molecule has 0 aliphatic heterocycles. The number of halogens is 3. The molecule has 0 saturated carbocycles. The van der Waals surface area contributed by atoms with E-state index in [-0.39, 0.29) is 6.54 Å². The van der Waals surface area contributed by atoms with Gasteiger partial charge in [0.1, 0.15) is 12.0 Å². The van der Waals surface area contributed by atoms with Gasteiger partial charge >= 0.3 is 0 Å². The van der Waals surface area contributed by atoms with Gasteiger partial charge in [-0.15, -0.1) is 0 Å². The van der Waals surface area contributed by atoms with Gasteiger partial charge in [-0.2, -0.15) is 0 Å². The van der Waals surface area contributed by atoms with Crippen molar-refractivity contribution >= 4 is 17.6 Å². The van der Waals surface area contributed by atoms with Crippen LogP contribution in [0.3, 0.4) is 0 Å². The third-order valence-corrected chi connectivity index (χ3v) is 3.18. The molecule has 2 N–H and O–H groups in total. The first-order valence-corrected chi connectivity index (χ1v) is 7.16. The molecule has 0 unspecified atom stereocenters. The number of aromatic nitrogens is 1. The number of benzene rings is 1. The molecule has 10 heteroatoms. The lowest BCUT2D eigenvalue weighted by Gasteiger charge is -2.20. The van der Waals surface area contributed by atoms with Crippen LogP contribution in [0.2, 0.25) is 0 Å². The van der Waals surface area contributed by atoms with Crippen LogP contribution in [0.4, 0.5) is 18.9 Å². The van der Waals surface area contributed by atoms with Crippen LogP contribution in [-0.4, -0.2) is 42.6 Å². The van der Waals surface area contributed by atoms with Gasteiger partial charge in [0.05, 0.1) is 18.8 Å². The van der Waals surface area contributed by atoms with Gasteiger partial charge in [-0.25, -0.2) is 13.2 Å². The number of aliphatic imine (C=N–C) groups is 1. The summed E-state index contributed by atoms with van der Waals surface area (Å²) in [6.45, 7) is 0.129. The van der Waals surface area contributed by atoms with Gasteiger partial charge in [0, 0.05) is 20.2 Å². The van der Waals surface area contributed by atoms with Gasteiger partial charge in [0.25, 0.3) is 0 Å². The van der Waals surface area contributed by atoms with Crippen molar-refractivity contribution in [3.05, 3.63) is 47.6 Å². The lowest BCUT2D eigenvalue weighted by molar-refractivity contribution is -0.115. The summed E-state index contributed by atoms with van der Waals surface area (Å²) >= 11 is 0. The van der Waals surface area contributed by atoms with Crippen molar-refractivity contribution < 1.29 is 22.5 Å². The molecule has 0 bridgehead atoms. The number of carbonyl (C=O) groups excluding carboxylic acids is 1.